The largest absolute Gasteiger partial charge is 0.324 e. The molecule has 5 aromatic rings. The first-order valence-electron chi connectivity index (χ1n) is 8.68. The normalized spacial score (nSPS) is 11.3. The summed E-state index contributed by atoms with van der Waals surface area (Å²) in [6.45, 7) is 2.14. The van der Waals surface area contributed by atoms with Gasteiger partial charge in [-0.1, -0.05) is 12.1 Å². The van der Waals surface area contributed by atoms with Gasteiger partial charge < -0.3 is 9.88 Å². The molecule has 0 fully saturated rings. The lowest BCUT2D eigenvalue weighted by molar-refractivity contribution is -0.116. The number of nitrogens with one attached hydrogen (secondary N) is 1. The number of benzene rings is 2. The van der Waals surface area contributed by atoms with E-state index >= 15 is 0 Å². The van der Waals surface area contributed by atoms with Gasteiger partial charge >= 0.3 is 0 Å². The molecule has 6 nitrogen and oxygen atoms in total. The molecule has 2 aromatic carbocycles. The zero-order chi connectivity index (χ0) is 19.1. The highest BCUT2D eigenvalue weighted by atomic mass is 32.1. The van der Waals surface area contributed by atoms with Crippen LogP contribution in [-0.4, -0.2) is 25.4 Å². The number of carbonyl (C=O) groups is 1. The summed E-state index contributed by atoms with van der Waals surface area (Å²) in [6.07, 6.45) is 0. The zero-order valence-electron chi connectivity index (χ0n) is 14.9. The maximum atomic E-state index is 12.8. The minimum Gasteiger partial charge on any atom is -0.324 e. The Morgan fingerprint density at radius 2 is 2.04 bits per heavy atom. The van der Waals surface area contributed by atoms with Gasteiger partial charge in [0.05, 0.1) is 31.8 Å². The number of carbonyl (C=O) groups excluding carboxylic acids is 1. The van der Waals surface area contributed by atoms with Crippen LogP contribution in [-0.2, 0) is 11.3 Å². The number of fused-ring (bicyclic) bond motifs is 2. The molecule has 138 valence electrons. The van der Waals surface area contributed by atoms with Gasteiger partial charge in [-0.3, -0.25) is 4.79 Å². The summed E-state index contributed by atoms with van der Waals surface area (Å²) in [7, 11) is 0. The first-order valence-corrected chi connectivity index (χ1v) is 10.4. The van der Waals surface area contributed by atoms with Gasteiger partial charge in [-0.05, 0) is 37.3 Å². The fraction of sp³-hybridized carbons (Fsp3) is 0.100. The number of hydrogen-bond acceptors (Lipinski definition) is 6. The summed E-state index contributed by atoms with van der Waals surface area (Å²) in [4.78, 5) is 26.3. The van der Waals surface area contributed by atoms with Gasteiger partial charge in [-0.2, -0.15) is 0 Å². The Hall–Kier alpha value is -3.10. The van der Waals surface area contributed by atoms with Gasteiger partial charge in [0.1, 0.15) is 12.2 Å². The van der Waals surface area contributed by atoms with Crippen molar-refractivity contribution in [2.75, 3.05) is 5.32 Å². The predicted octanol–water partition coefficient (Wildman–Crippen LogP) is 4.72. The first-order chi connectivity index (χ1) is 13.7. The average Bonchev–Trinajstić information content (AvgIpc) is 3.39. The molecular weight excluding hydrogens is 390 g/mol. The summed E-state index contributed by atoms with van der Waals surface area (Å²) in [5, 5.41) is 5.94. The summed E-state index contributed by atoms with van der Waals surface area (Å²) in [6, 6.07) is 13.6. The molecule has 0 aliphatic rings. The van der Waals surface area contributed by atoms with E-state index in [0.29, 0.717) is 5.82 Å². The minimum atomic E-state index is -0.111. The van der Waals surface area contributed by atoms with Gasteiger partial charge in [-0.25, -0.2) is 15.0 Å². The van der Waals surface area contributed by atoms with E-state index in [1.165, 1.54) is 11.3 Å². The Morgan fingerprint density at radius 1 is 1.14 bits per heavy atom. The van der Waals surface area contributed by atoms with E-state index in [4.69, 9.17) is 0 Å². The summed E-state index contributed by atoms with van der Waals surface area (Å²) < 4.78 is 2.97. The molecule has 0 aliphatic heterocycles. The standard InChI is InChI=1S/C20H15N5OS2/c1-12-22-15-7-6-13(8-18(15)28-12)23-19(26)9-25-17-5-3-2-4-14(17)24-20(25)16-10-27-11-21-16/h2-8,10-11H,9H2,1H3,(H,23,26). The number of amides is 1. The lowest BCUT2D eigenvalue weighted by Crippen LogP contribution is -2.19. The molecular formula is C20H15N5OS2. The summed E-state index contributed by atoms with van der Waals surface area (Å²) in [5.74, 6) is 0.589. The highest BCUT2D eigenvalue weighted by Crippen LogP contribution is 2.26. The lowest BCUT2D eigenvalue weighted by atomic mass is 10.3. The number of aryl methyl sites for hydroxylation is 1. The number of thiazole rings is 2. The highest BCUT2D eigenvalue weighted by molar-refractivity contribution is 7.18. The number of hydrogen-bond donors (Lipinski definition) is 1. The molecule has 1 amide bonds. The number of imidazole rings is 1. The molecule has 0 saturated heterocycles. The van der Waals surface area contributed by atoms with Crippen LogP contribution in [0.3, 0.4) is 0 Å². The van der Waals surface area contributed by atoms with Crippen LogP contribution < -0.4 is 5.32 Å². The van der Waals surface area contributed by atoms with E-state index in [-0.39, 0.29) is 12.5 Å². The smallest absolute Gasteiger partial charge is 0.244 e. The van der Waals surface area contributed by atoms with Crippen molar-refractivity contribution in [2.24, 2.45) is 0 Å². The van der Waals surface area contributed by atoms with Crippen LogP contribution in [0.5, 0.6) is 0 Å². The third kappa shape index (κ3) is 3.06. The molecule has 0 unspecified atom stereocenters. The van der Waals surface area contributed by atoms with Crippen LogP contribution in [0.1, 0.15) is 5.01 Å². The second-order valence-electron chi connectivity index (χ2n) is 6.35. The molecule has 5 rings (SSSR count). The quantitative estimate of drug-likeness (QED) is 0.470. The van der Waals surface area contributed by atoms with Crippen LogP contribution >= 0.6 is 22.7 Å². The zero-order valence-corrected chi connectivity index (χ0v) is 16.5. The number of anilines is 1. The van der Waals surface area contributed by atoms with E-state index < -0.39 is 0 Å². The van der Waals surface area contributed by atoms with Crippen molar-refractivity contribution in [3.05, 3.63) is 58.4 Å². The Balaban J connectivity index is 1.47. The number of para-hydroxylation sites is 2. The first kappa shape index (κ1) is 17.0. The molecule has 28 heavy (non-hydrogen) atoms. The Bertz CT molecular complexity index is 1300. The van der Waals surface area contributed by atoms with E-state index in [0.717, 1.165) is 37.6 Å². The van der Waals surface area contributed by atoms with Crippen molar-refractivity contribution >= 4 is 55.5 Å². The molecule has 3 heterocycles. The fourth-order valence-corrected chi connectivity index (χ4v) is 4.61. The van der Waals surface area contributed by atoms with Crippen LogP contribution in [0.25, 0.3) is 32.8 Å². The molecule has 0 radical (unpaired) electrons. The maximum absolute atomic E-state index is 12.8. The molecule has 3 aromatic heterocycles. The predicted molar refractivity (Wildman–Crippen MR) is 114 cm³/mol. The molecule has 0 saturated carbocycles. The van der Waals surface area contributed by atoms with E-state index in [1.807, 2.05) is 59.3 Å². The van der Waals surface area contributed by atoms with Crippen LogP contribution in [0.4, 0.5) is 5.69 Å². The fourth-order valence-electron chi connectivity index (χ4n) is 3.22. The summed E-state index contributed by atoms with van der Waals surface area (Å²) >= 11 is 3.12. The second-order valence-corrected chi connectivity index (χ2v) is 8.30. The number of nitrogens with zero attached hydrogens (tertiary/aromatic N) is 4. The van der Waals surface area contributed by atoms with Crippen molar-refractivity contribution < 1.29 is 4.79 Å². The van der Waals surface area contributed by atoms with Crippen molar-refractivity contribution in [3.63, 3.8) is 0 Å². The van der Waals surface area contributed by atoms with Gasteiger partial charge in [0, 0.05) is 11.1 Å². The number of rotatable bonds is 4. The van der Waals surface area contributed by atoms with Crippen LogP contribution in [0.15, 0.2) is 53.4 Å². The molecule has 8 heteroatoms. The third-order valence-electron chi connectivity index (χ3n) is 4.40. The van der Waals surface area contributed by atoms with Gasteiger partial charge in [0.15, 0.2) is 5.82 Å². The summed E-state index contributed by atoms with van der Waals surface area (Å²) in [5.41, 5.74) is 6.02. The average molecular weight is 406 g/mol. The van der Waals surface area contributed by atoms with E-state index in [9.17, 15) is 4.79 Å². The second kappa shape index (κ2) is 6.81. The topological polar surface area (TPSA) is 72.7 Å². The van der Waals surface area contributed by atoms with Gasteiger partial charge in [-0.15, -0.1) is 22.7 Å². The lowest BCUT2D eigenvalue weighted by Gasteiger charge is -2.09. The third-order valence-corrected chi connectivity index (χ3v) is 5.92. The Kier molecular flexibility index (Phi) is 4.14. The maximum Gasteiger partial charge on any atom is 0.244 e. The SMILES string of the molecule is Cc1nc2ccc(NC(=O)Cn3c(-c4cscn4)nc4ccccc43)cc2s1. The number of aromatic nitrogens is 4. The monoisotopic (exact) mass is 405 g/mol. The van der Waals surface area contributed by atoms with Crippen molar-refractivity contribution in [3.8, 4) is 11.5 Å². The molecule has 0 aliphatic carbocycles. The van der Waals surface area contributed by atoms with Crippen molar-refractivity contribution in [1.82, 2.24) is 19.5 Å². The molecule has 0 atom stereocenters. The van der Waals surface area contributed by atoms with E-state index in [2.05, 4.69) is 20.3 Å². The van der Waals surface area contributed by atoms with Crippen LogP contribution in [0, 0.1) is 6.92 Å². The van der Waals surface area contributed by atoms with Gasteiger partial charge in [0.25, 0.3) is 0 Å². The van der Waals surface area contributed by atoms with Crippen molar-refractivity contribution in [2.45, 2.75) is 13.5 Å². The molecule has 1 N–H and O–H groups in total. The highest BCUT2D eigenvalue weighted by Gasteiger charge is 2.16. The Labute approximate surface area is 168 Å². The molecule has 0 bridgehead atoms. The van der Waals surface area contributed by atoms with Crippen LogP contribution in [0.2, 0.25) is 0 Å². The van der Waals surface area contributed by atoms with Crippen molar-refractivity contribution in [1.29, 1.82) is 0 Å². The Morgan fingerprint density at radius 3 is 2.89 bits per heavy atom. The minimum absolute atomic E-state index is 0.111. The molecule has 0 spiro atoms. The van der Waals surface area contributed by atoms with E-state index in [1.54, 1.807) is 16.8 Å². The van der Waals surface area contributed by atoms with Gasteiger partial charge in [0.2, 0.25) is 5.91 Å².